The molecule has 0 bridgehead atoms. The lowest BCUT2D eigenvalue weighted by atomic mass is 9.97. The van der Waals surface area contributed by atoms with Crippen LogP contribution in [0.1, 0.15) is 25.1 Å². The van der Waals surface area contributed by atoms with Crippen molar-refractivity contribution in [3.8, 4) is 0 Å². The number of thioether (sulfide) groups is 1. The molecule has 0 saturated heterocycles. The van der Waals surface area contributed by atoms with Crippen LogP contribution in [0.15, 0.2) is 24.3 Å². The van der Waals surface area contributed by atoms with E-state index in [0.717, 1.165) is 6.54 Å². The van der Waals surface area contributed by atoms with Gasteiger partial charge < -0.3 is 4.98 Å². The third-order valence-electron chi connectivity index (χ3n) is 4.28. The van der Waals surface area contributed by atoms with Crippen molar-refractivity contribution in [3.63, 3.8) is 0 Å². The minimum atomic E-state index is 0.640. The third-order valence-corrected chi connectivity index (χ3v) is 5.23. The Bertz CT molecular complexity index is 575. The summed E-state index contributed by atoms with van der Waals surface area (Å²) < 4.78 is 0. The zero-order valence-electron chi connectivity index (χ0n) is 11.9. The number of hydrogen-bond donors (Lipinski definition) is 1. The summed E-state index contributed by atoms with van der Waals surface area (Å²) in [6.07, 6.45) is 3.37. The second-order valence-electron chi connectivity index (χ2n) is 5.66. The molecule has 1 aliphatic rings. The highest BCUT2D eigenvalue weighted by molar-refractivity contribution is 7.99. The van der Waals surface area contributed by atoms with E-state index in [1.807, 2.05) is 11.8 Å². The molecule has 0 spiro atoms. The Morgan fingerprint density at radius 3 is 3.00 bits per heavy atom. The maximum atomic E-state index is 3.61. The van der Waals surface area contributed by atoms with Crippen LogP contribution in [0, 0.1) is 0 Å². The van der Waals surface area contributed by atoms with Crippen molar-refractivity contribution in [2.45, 2.75) is 38.1 Å². The molecule has 3 rings (SSSR count). The van der Waals surface area contributed by atoms with Crippen molar-refractivity contribution in [2.24, 2.45) is 0 Å². The number of rotatable bonds is 3. The molecule has 3 heteroatoms. The van der Waals surface area contributed by atoms with E-state index in [-0.39, 0.29) is 0 Å². The molecule has 102 valence electrons. The number of hydrogen-bond acceptors (Lipinski definition) is 2. The van der Waals surface area contributed by atoms with Crippen molar-refractivity contribution in [2.75, 3.05) is 12.8 Å². The highest BCUT2D eigenvalue weighted by Crippen LogP contribution is 2.30. The topological polar surface area (TPSA) is 19.0 Å². The standard InChI is InChI=1S/C16H22N2S/c1-11-8-14-13-6-4-5-7-15(13)17-16(14)10-18(11)9-12(2)19-3/h4-7,11-12,17H,8-10H2,1-3H3/t11-,12?/m1/s1. The number of H-pyrrole nitrogens is 1. The van der Waals surface area contributed by atoms with Gasteiger partial charge in [0.25, 0.3) is 0 Å². The van der Waals surface area contributed by atoms with Gasteiger partial charge in [0.05, 0.1) is 0 Å². The first kappa shape index (κ1) is 13.1. The molecule has 1 aromatic heterocycles. The van der Waals surface area contributed by atoms with Gasteiger partial charge in [0, 0.05) is 41.0 Å². The number of para-hydroxylation sites is 1. The summed E-state index contributed by atoms with van der Waals surface area (Å²) in [4.78, 5) is 6.22. The van der Waals surface area contributed by atoms with Gasteiger partial charge in [-0.15, -0.1) is 0 Å². The van der Waals surface area contributed by atoms with Gasteiger partial charge in [-0.3, -0.25) is 4.90 Å². The minimum Gasteiger partial charge on any atom is -0.357 e. The number of fused-ring (bicyclic) bond motifs is 3. The van der Waals surface area contributed by atoms with Crippen molar-refractivity contribution >= 4 is 22.7 Å². The van der Waals surface area contributed by atoms with Gasteiger partial charge in [-0.05, 0) is 31.2 Å². The summed E-state index contributed by atoms with van der Waals surface area (Å²) in [7, 11) is 0. The summed E-state index contributed by atoms with van der Waals surface area (Å²) >= 11 is 1.95. The van der Waals surface area contributed by atoms with Gasteiger partial charge in [0.2, 0.25) is 0 Å². The van der Waals surface area contributed by atoms with Crippen molar-refractivity contribution in [1.29, 1.82) is 0 Å². The maximum Gasteiger partial charge on any atom is 0.0459 e. The molecule has 0 saturated carbocycles. The number of aromatic nitrogens is 1. The molecule has 0 radical (unpaired) electrons. The fourth-order valence-corrected chi connectivity index (χ4v) is 3.40. The lowest BCUT2D eigenvalue weighted by Gasteiger charge is -2.34. The smallest absolute Gasteiger partial charge is 0.0459 e. The van der Waals surface area contributed by atoms with Crippen LogP contribution >= 0.6 is 11.8 Å². The first-order valence-electron chi connectivity index (χ1n) is 7.04. The highest BCUT2D eigenvalue weighted by atomic mass is 32.2. The number of nitrogens with one attached hydrogen (secondary N) is 1. The van der Waals surface area contributed by atoms with Crippen LogP contribution in [0.3, 0.4) is 0 Å². The second-order valence-corrected chi connectivity index (χ2v) is 6.93. The fraction of sp³-hybridized carbons (Fsp3) is 0.500. The van der Waals surface area contributed by atoms with Crippen LogP contribution in [0.25, 0.3) is 10.9 Å². The van der Waals surface area contributed by atoms with Crippen molar-refractivity contribution in [1.82, 2.24) is 9.88 Å². The molecule has 2 nitrogen and oxygen atoms in total. The molecule has 2 atom stereocenters. The molecule has 0 aliphatic carbocycles. The number of benzene rings is 1. The Labute approximate surface area is 119 Å². The van der Waals surface area contributed by atoms with Crippen LogP contribution in [0.4, 0.5) is 0 Å². The lowest BCUT2D eigenvalue weighted by Crippen LogP contribution is -2.41. The van der Waals surface area contributed by atoms with Gasteiger partial charge in [0.1, 0.15) is 0 Å². The van der Waals surface area contributed by atoms with E-state index in [4.69, 9.17) is 0 Å². The Morgan fingerprint density at radius 1 is 1.42 bits per heavy atom. The Morgan fingerprint density at radius 2 is 2.21 bits per heavy atom. The quantitative estimate of drug-likeness (QED) is 0.921. The summed E-state index contributed by atoms with van der Waals surface area (Å²) in [5, 5.41) is 2.12. The largest absolute Gasteiger partial charge is 0.357 e. The first-order valence-corrected chi connectivity index (χ1v) is 8.33. The van der Waals surface area contributed by atoms with Crippen LogP contribution in [-0.2, 0) is 13.0 Å². The number of nitrogens with zero attached hydrogens (tertiary/aromatic N) is 1. The monoisotopic (exact) mass is 274 g/mol. The summed E-state index contributed by atoms with van der Waals surface area (Å²) in [5.41, 5.74) is 4.25. The van der Waals surface area contributed by atoms with Crippen LogP contribution in [0.5, 0.6) is 0 Å². The first-order chi connectivity index (χ1) is 9.19. The molecule has 0 amide bonds. The predicted molar refractivity (Wildman–Crippen MR) is 84.9 cm³/mol. The van der Waals surface area contributed by atoms with Gasteiger partial charge in [0.15, 0.2) is 0 Å². The number of aromatic amines is 1. The van der Waals surface area contributed by atoms with Crippen LogP contribution in [-0.4, -0.2) is 34.0 Å². The molecule has 1 aliphatic heterocycles. The second kappa shape index (κ2) is 5.22. The zero-order chi connectivity index (χ0) is 13.4. The van der Waals surface area contributed by atoms with E-state index in [9.17, 15) is 0 Å². The van der Waals surface area contributed by atoms with Crippen molar-refractivity contribution < 1.29 is 0 Å². The normalized spacial score (nSPS) is 21.5. The van der Waals surface area contributed by atoms with Crippen molar-refractivity contribution in [3.05, 3.63) is 35.5 Å². The summed E-state index contributed by atoms with van der Waals surface area (Å²) in [6, 6.07) is 9.33. The zero-order valence-corrected chi connectivity index (χ0v) is 12.8. The molecule has 19 heavy (non-hydrogen) atoms. The molecule has 0 fully saturated rings. The average Bonchev–Trinajstić information content (AvgIpc) is 2.77. The average molecular weight is 274 g/mol. The van der Waals surface area contributed by atoms with Crippen LogP contribution < -0.4 is 0 Å². The summed E-state index contributed by atoms with van der Waals surface area (Å²) in [5.74, 6) is 0. The Balaban J connectivity index is 1.90. The van der Waals surface area contributed by atoms with Gasteiger partial charge in [-0.25, -0.2) is 0 Å². The van der Waals surface area contributed by atoms with E-state index in [0.29, 0.717) is 11.3 Å². The predicted octanol–water partition coefficient (Wildman–Crippen LogP) is 3.67. The van der Waals surface area contributed by atoms with Gasteiger partial charge >= 0.3 is 0 Å². The maximum absolute atomic E-state index is 3.61. The lowest BCUT2D eigenvalue weighted by molar-refractivity contribution is 0.185. The third kappa shape index (κ3) is 2.41. The Hall–Kier alpha value is -0.930. The van der Waals surface area contributed by atoms with E-state index in [2.05, 4.69) is 54.3 Å². The fourth-order valence-electron chi connectivity index (χ4n) is 3.06. The van der Waals surface area contributed by atoms with E-state index < -0.39 is 0 Å². The molecule has 1 N–H and O–H groups in total. The highest BCUT2D eigenvalue weighted by Gasteiger charge is 2.26. The molecular weight excluding hydrogens is 252 g/mol. The summed E-state index contributed by atoms with van der Waals surface area (Å²) in [6.45, 7) is 6.92. The molecule has 2 aromatic rings. The molecular formula is C16H22N2S. The Kier molecular flexibility index (Phi) is 3.59. The van der Waals surface area contributed by atoms with E-state index >= 15 is 0 Å². The minimum absolute atomic E-state index is 0.640. The van der Waals surface area contributed by atoms with Gasteiger partial charge in [-0.2, -0.15) is 11.8 Å². The SMILES string of the molecule is CSC(C)CN1Cc2[nH]c3ccccc3c2C[C@H]1C. The van der Waals surface area contributed by atoms with E-state index in [1.165, 1.54) is 35.1 Å². The van der Waals surface area contributed by atoms with Crippen LogP contribution in [0.2, 0.25) is 0 Å². The molecule has 1 unspecified atom stereocenters. The molecule has 1 aromatic carbocycles. The van der Waals surface area contributed by atoms with Gasteiger partial charge in [-0.1, -0.05) is 25.1 Å². The van der Waals surface area contributed by atoms with E-state index in [1.54, 1.807) is 0 Å². The molecule has 2 heterocycles.